The quantitative estimate of drug-likeness (QED) is 0.390. The van der Waals surface area contributed by atoms with E-state index in [4.69, 9.17) is 0 Å². The average molecular weight is 390 g/mol. The standard InChI is InChI=1S/C28H22O2/c1-19(21-9-5-3-6-10-21)27-17-23(29)13-15-25(27)26-16-14-24(30)18-28(26)20(2)22-11-7-4-8-12-22/h3-18,29-30H,1-2H2. The summed E-state index contributed by atoms with van der Waals surface area (Å²) < 4.78 is 0. The van der Waals surface area contributed by atoms with Gasteiger partial charge in [0.15, 0.2) is 0 Å². The zero-order valence-electron chi connectivity index (χ0n) is 16.5. The Morgan fingerprint density at radius 2 is 0.867 bits per heavy atom. The lowest BCUT2D eigenvalue weighted by atomic mass is 9.86. The molecule has 0 atom stereocenters. The maximum absolute atomic E-state index is 10.2. The number of hydrogen-bond acceptors (Lipinski definition) is 2. The molecule has 0 aromatic heterocycles. The molecule has 0 unspecified atom stereocenters. The molecule has 2 heteroatoms. The summed E-state index contributed by atoms with van der Waals surface area (Å²) in [6.07, 6.45) is 0. The van der Waals surface area contributed by atoms with Gasteiger partial charge < -0.3 is 10.2 Å². The van der Waals surface area contributed by atoms with Gasteiger partial charge in [0.2, 0.25) is 0 Å². The molecule has 146 valence electrons. The molecule has 0 radical (unpaired) electrons. The number of aromatic hydroxyl groups is 2. The van der Waals surface area contributed by atoms with E-state index in [2.05, 4.69) is 13.2 Å². The Morgan fingerprint density at radius 1 is 0.500 bits per heavy atom. The maximum Gasteiger partial charge on any atom is 0.116 e. The molecule has 4 aromatic rings. The largest absolute Gasteiger partial charge is 0.508 e. The van der Waals surface area contributed by atoms with Crippen LogP contribution in [0, 0.1) is 0 Å². The Hall–Kier alpha value is -4.04. The summed E-state index contributed by atoms with van der Waals surface area (Å²) in [4.78, 5) is 0. The molecule has 0 heterocycles. The Morgan fingerprint density at radius 3 is 1.23 bits per heavy atom. The molecule has 0 aliphatic carbocycles. The molecule has 0 bridgehead atoms. The molecular formula is C28H22O2. The van der Waals surface area contributed by atoms with Gasteiger partial charge >= 0.3 is 0 Å². The summed E-state index contributed by atoms with van der Waals surface area (Å²) in [6, 6.07) is 30.3. The van der Waals surface area contributed by atoms with Crippen LogP contribution < -0.4 is 0 Å². The van der Waals surface area contributed by atoms with Crippen molar-refractivity contribution >= 4 is 11.1 Å². The number of hydrogen-bond donors (Lipinski definition) is 2. The average Bonchev–Trinajstić information content (AvgIpc) is 2.79. The van der Waals surface area contributed by atoms with Gasteiger partial charge in [0.05, 0.1) is 0 Å². The molecule has 0 amide bonds. The van der Waals surface area contributed by atoms with Gasteiger partial charge in [-0.1, -0.05) is 86.0 Å². The summed E-state index contributed by atoms with van der Waals surface area (Å²) in [5.41, 5.74) is 7.06. The highest BCUT2D eigenvalue weighted by Gasteiger charge is 2.16. The normalized spacial score (nSPS) is 10.5. The van der Waals surface area contributed by atoms with Crippen molar-refractivity contribution in [2.75, 3.05) is 0 Å². The summed E-state index contributed by atoms with van der Waals surface area (Å²) >= 11 is 0. The molecule has 0 spiro atoms. The molecule has 30 heavy (non-hydrogen) atoms. The minimum absolute atomic E-state index is 0.174. The van der Waals surface area contributed by atoms with Gasteiger partial charge in [0.25, 0.3) is 0 Å². The van der Waals surface area contributed by atoms with E-state index < -0.39 is 0 Å². The fourth-order valence-corrected chi connectivity index (χ4v) is 3.62. The second kappa shape index (κ2) is 8.14. The molecule has 0 fully saturated rings. The van der Waals surface area contributed by atoms with E-state index >= 15 is 0 Å². The van der Waals surface area contributed by atoms with Gasteiger partial charge in [0.1, 0.15) is 11.5 Å². The molecule has 2 nitrogen and oxygen atoms in total. The summed E-state index contributed by atoms with van der Waals surface area (Å²) in [5.74, 6) is 0.348. The van der Waals surface area contributed by atoms with Crippen LogP contribution in [0.2, 0.25) is 0 Å². The third kappa shape index (κ3) is 3.76. The second-order valence-corrected chi connectivity index (χ2v) is 7.15. The van der Waals surface area contributed by atoms with E-state index in [0.29, 0.717) is 0 Å². The van der Waals surface area contributed by atoms with Gasteiger partial charge in [-0.2, -0.15) is 0 Å². The predicted molar refractivity (Wildman–Crippen MR) is 124 cm³/mol. The van der Waals surface area contributed by atoms with Crippen LogP contribution in [0.25, 0.3) is 22.3 Å². The minimum Gasteiger partial charge on any atom is -0.508 e. The van der Waals surface area contributed by atoms with E-state index in [-0.39, 0.29) is 11.5 Å². The summed E-state index contributed by atoms with van der Waals surface area (Å²) in [6.45, 7) is 8.58. The van der Waals surface area contributed by atoms with Crippen LogP contribution in [0.5, 0.6) is 11.5 Å². The number of rotatable bonds is 5. The van der Waals surface area contributed by atoms with Crippen LogP contribution in [0.4, 0.5) is 0 Å². The van der Waals surface area contributed by atoms with Gasteiger partial charge in [-0.05, 0) is 68.8 Å². The van der Waals surface area contributed by atoms with Crippen molar-refractivity contribution < 1.29 is 10.2 Å². The lowest BCUT2D eigenvalue weighted by molar-refractivity contribution is 0.474. The van der Waals surface area contributed by atoms with Gasteiger partial charge in [-0.15, -0.1) is 0 Å². The van der Waals surface area contributed by atoms with Crippen LogP contribution >= 0.6 is 0 Å². The third-order valence-electron chi connectivity index (χ3n) is 5.19. The molecule has 0 saturated carbocycles. The first-order valence-electron chi connectivity index (χ1n) is 9.70. The molecule has 0 aliphatic heterocycles. The lowest BCUT2D eigenvalue weighted by Crippen LogP contribution is -1.95. The van der Waals surface area contributed by atoms with Crippen LogP contribution in [-0.4, -0.2) is 10.2 Å². The first kappa shape index (κ1) is 19.3. The van der Waals surface area contributed by atoms with E-state index in [1.807, 2.05) is 72.8 Å². The van der Waals surface area contributed by atoms with Crippen molar-refractivity contribution in [3.05, 3.63) is 132 Å². The van der Waals surface area contributed by atoms with Crippen LogP contribution in [0.15, 0.2) is 110 Å². The van der Waals surface area contributed by atoms with Gasteiger partial charge in [-0.25, -0.2) is 0 Å². The minimum atomic E-state index is 0.174. The molecule has 4 aromatic carbocycles. The van der Waals surface area contributed by atoms with Gasteiger partial charge in [-0.3, -0.25) is 0 Å². The Bertz CT molecular complexity index is 1120. The van der Waals surface area contributed by atoms with Crippen molar-refractivity contribution in [1.29, 1.82) is 0 Å². The summed E-state index contributed by atoms with van der Waals surface area (Å²) in [7, 11) is 0. The second-order valence-electron chi connectivity index (χ2n) is 7.15. The Kier molecular flexibility index (Phi) is 5.23. The lowest BCUT2D eigenvalue weighted by Gasteiger charge is -2.18. The van der Waals surface area contributed by atoms with Crippen LogP contribution in [0.1, 0.15) is 22.3 Å². The SMILES string of the molecule is C=C(c1ccccc1)c1cc(O)ccc1-c1ccc(O)cc1C(=C)c1ccccc1. The molecule has 0 aliphatic rings. The number of phenols is 2. The predicted octanol–water partition coefficient (Wildman–Crippen LogP) is 6.89. The highest BCUT2D eigenvalue weighted by atomic mass is 16.3. The third-order valence-corrected chi connectivity index (χ3v) is 5.19. The van der Waals surface area contributed by atoms with E-state index in [1.54, 1.807) is 24.3 Å². The van der Waals surface area contributed by atoms with Crippen molar-refractivity contribution in [2.45, 2.75) is 0 Å². The van der Waals surface area contributed by atoms with E-state index in [0.717, 1.165) is 44.5 Å². The molecule has 2 N–H and O–H groups in total. The Labute approximate surface area is 176 Å². The molecule has 4 rings (SSSR count). The highest BCUT2D eigenvalue weighted by Crippen LogP contribution is 2.39. The van der Waals surface area contributed by atoms with Crippen molar-refractivity contribution in [3.63, 3.8) is 0 Å². The maximum atomic E-state index is 10.2. The van der Waals surface area contributed by atoms with Crippen LogP contribution in [-0.2, 0) is 0 Å². The summed E-state index contributed by atoms with van der Waals surface area (Å²) in [5, 5.41) is 20.4. The smallest absolute Gasteiger partial charge is 0.116 e. The molecular weight excluding hydrogens is 368 g/mol. The highest BCUT2D eigenvalue weighted by molar-refractivity contribution is 5.94. The van der Waals surface area contributed by atoms with Crippen molar-refractivity contribution in [3.8, 4) is 22.6 Å². The molecule has 0 saturated heterocycles. The van der Waals surface area contributed by atoms with E-state index in [9.17, 15) is 10.2 Å². The topological polar surface area (TPSA) is 40.5 Å². The first-order valence-corrected chi connectivity index (χ1v) is 9.70. The first-order chi connectivity index (χ1) is 14.5. The van der Waals surface area contributed by atoms with Crippen molar-refractivity contribution in [1.82, 2.24) is 0 Å². The van der Waals surface area contributed by atoms with Gasteiger partial charge in [0, 0.05) is 0 Å². The number of phenolic OH excluding ortho intramolecular Hbond substituents is 2. The van der Waals surface area contributed by atoms with Crippen LogP contribution in [0.3, 0.4) is 0 Å². The fraction of sp³-hybridized carbons (Fsp3) is 0. The fourth-order valence-electron chi connectivity index (χ4n) is 3.62. The zero-order chi connectivity index (χ0) is 21.1. The number of benzene rings is 4. The van der Waals surface area contributed by atoms with Crippen molar-refractivity contribution in [2.24, 2.45) is 0 Å². The van der Waals surface area contributed by atoms with E-state index in [1.165, 1.54) is 0 Å². The zero-order valence-corrected chi connectivity index (χ0v) is 16.5. The monoisotopic (exact) mass is 390 g/mol. The Balaban J connectivity index is 1.90.